The van der Waals surface area contributed by atoms with Crippen LogP contribution < -0.4 is 10.2 Å². The van der Waals surface area contributed by atoms with Crippen molar-refractivity contribution in [1.82, 2.24) is 20.2 Å². The molecule has 0 aliphatic carbocycles. The first-order valence-corrected chi connectivity index (χ1v) is 15.8. The van der Waals surface area contributed by atoms with Crippen molar-refractivity contribution in [3.63, 3.8) is 0 Å². The molecule has 11 nitrogen and oxygen atoms in total. The zero-order chi connectivity index (χ0) is 31.4. The fourth-order valence-electron chi connectivity index (χ4n) is 5.73. The number of aliphatic hydroxyl groups is 1. The third kappa shape index (κ3) is 9.79. The number of amides is 1. The number of hydrogen-bond acceptors (Lipinski definition) is 9. The van der Waals surface area contributed by atoms with Gasteiger partial charge >= 0.3 is 5.97 Å². The maximum Gasteiger partial charge on any atom is 0.303 e. The minimum absolute atomic E-state index is 0.000238. The van der Waals surface area contributed by atoms with Crippen molar-refractivity contribution in [3.8, 4) is 0 Å². The molecule has 3 N–H and O–H groups in total. The van der Waals surface area contributed by atoms with Crippen molar-refractivity contribution in [2.75, 3.05) is 37.6 Å². The largest absolute Gasteiger partial charge is 0.481 e. The van der Waals surface area contributed by atoms with Crippen LogP contribution in [-0.4, -0.2) is 75.8 Å². The van der Waals surface area contributed by atoms with E-state index in [2.05, 4.69) is 25.1 Å². The number of carbonyl (C=O) groups excluding carboxylic acids is 1. The number of hydrogen-bond donors (Lipinski definition) is 3. The van der Waals surface area contributed by atoms with Gasteiger partial charge in [-0.05, 0) is 35.6 Å². The van der Waals surface area contributed by atoms with Crippen LogP contribution in [0.15, 0.2) is 67.0 Å². The van der Waals surface area contributed by atoms with Gasteiger partial charge in [0.05, 0.1) is 18.8 Å². The molecule has 3 aromatic rings. The molecule has 3 heterocycles. The summed E-state index contributed by atoms with van der Waals surface area (Å²) in [6.07, 6.45) is 6.04. The molecule has 2 aliphatic heterocycles. The lowest BCUT2D eigenvalue weighted by atomic mass is 9.99. The number of unbranched alkanes of at least 4 members (excludes halogenated alkanes) is 2. The Kier molecular flexibility index (Phi) is 11.9. The van der Waals surface area contributed by atoms with Gasteiger partial charge in [0, 0.05) is 76.5 Å². The molecule has 1 amide bonds. The maximum atomic E-state index is 12.2. The first kappa shape index (κ1) is 32.5. The Bertz CT molecular complexity index is 1350. The van der Waals surface area contributed by atoms with Crippen molar-refractivity contribution in [1.29, 1.82) is 0 Å². The Morgan fingerprint density at radius 2 is 1.51 bits per heavy atom. The third-order valence-electron chi connectivity index (χ3n) is 8.32. The number of rotatable bonds is 14. The van der Waals surface area contributed by atoms with E-state index in [1.54, 1.807) is 12.4 Å². The molecule has 0 spiro atoms. The number of aliphatic carboxylic acids is 1. The maximum absolute atomic E-state index is 12.2. The van der Waals surface area contributed by atoms with E-state index < -0.39 is 12.3 Å². The molecule has 0 unspecified atom stereocenters. The molecule has 0 bridgehead atoms. The van der Waals surface area contributed by atoms with Crippen molar-refractivity contribution in [3.05, 3.63) is 89.2 Å². The molecule has 2 saturated heterocycles. The Morgan fingerprint density at radius 3 is 2.20 bits per heavy atom. The number of carboxylic acids is 1. The Morgan fingerprint density at radius 1 is 0.844 bits per heavy atom. The van der Waals surface area contributed by atoms with Crippen LogP contribution in [0.1, 0.15) is 73.2 Å². The molecule has 0 saturated carbocycles. The topological polar surface area (TPSA) is 137 Å². The zero-order valence-corrected chi connectivity index (χ0v) is 25.6. The number of ether oxygens (including phenoxy) is 2. The molecular weight excluding hydrogens is 574 g/mol. The molecule has 2 aromatic carbocycles. The molecule has 2 aliphatic rings. The standard InChI is InChI=1S/C34H43N5O6/c40-24-26-9-11-27(12-10-26)30-21-29(23-38-17-19-39(20-18-38)34-35-15-4-16-36-34)44-33(45-30)28-13-7-25(8-14-28)22-37-31(41)5-2-1-3-6-32(42)43/h4,7-16,29-30,33,40H,1-3,5-6,17-24H2,(H,37,41)(H,42,43)/t29-,30+,33+/m1/s1. The summed E-state index contributed by atoms with van der Waals surface area (Å²) in [7, 11) is 0. The van der Waals surface area contributed by atoms with Crippen LogP contribution in [0.25, 0.3) is 0 Å². The van der Waals surface area contributed by atoms with Crippen molar-refractivity contribution >= 4 is 17.8 Å². The average molecular weight is 618 g/mol. The summed E-state index contributed by atoms with van der Waals surface area (Å²) < 4.78 is 13.1. The quantitative estimate of drug-likeness (QED) is 0.228. The van der Waals surface area contributed by atoms with Crippen molar-refractivity contribution in [2.45, 2.75) is 70.2 Å². The molecule has 45 heavy (non-hydrogen) atoms. The monoisotopic (exact) mass is 617 g/mol. The SMILES string of the molecule is O=C(O)CCCCCC(=O)NCc1ccc([C@H]2O[C@@H](CN3CCN(c4ncccn4)CC3)C[C@@H](c3ccc(CO)cc3)O2)cc1. The number of aromatic nitrogens is 2. The van der Waals surface area contributed by atoms with E-state index in [1.807, 2.05) is 54.6 Å². The number of carbonyl (C=O) groups is 2. The van der Waals surface area contributed by atoms with E-state index in [4.69, 9.17) is 14.6 Å². The first-order valence-electron chi connectivity index (χ1n) is 15.8. The first-order chi connectivity index (χ1) is 22.0. The van der Waals surface area contributed by atoms with Crippen LogP contribution in [0.2, 0.25) is 0 Å². The second-order valence-corrected chi connectivity index (χ2v) is 11.7. The van der Waals surface area contributed by atoms with Crippen LogP contribution in [0.5, 0.6) is 0 Å². The molecule has 3 atom stereocenters. The van der Waals surface area contributed by atoms with Gasteiger partial charge in [-0.15, -0.1) is 0 Å². The van der Waals surface area contributed by atoms with Gasteiger partial charge in [0.15, 0.2) is 6.29 Å². The molecule has 11 heteroatoms. The number of nitrogens with zero attached hydrogens (tertiary/aromatic N) is 4. The highest BCUT2D eigenvalue weighted by molar-refractivity contribution is 5.75. The van der Waals surface area contributed by atoms with Gasteiger partial charge in [0.1, 0.15) is 0 Å². The fraction of sp³-hybridized carbons (Fsp3) is 0.471. The van der Waals surface area contributed by atoms with Crippen LogP contribution >= 0.6 is 0 Å². The van der Waals surface area contributed by atoms with E-state index >= 15 is 0 Å². The second-order valence-electron chi connectivity index (χ2n) is 11.7. The summed E-state index contributed by atoms with van der Waals surface area (Å²) in [6, 6.07) is 17.7. The lowest BCUT2D eigenvalue weighted by molar-refractivity contribution is -0.253. The molecular formula is C34H43N5O6. The number of nitrogens with one attached hydrogen (secondary N) is 1. The lowest BCUT2D eigenvalue weighted by Crippen LogP contribution is -2.50. The normalized spacial score (nSPS) is 20.6. The number of anilines is 1. The van der Waals surface area contributed by atoms with E-state index in [1.165, 1.54) is 0 Å². The second kappa shape index (κ2) is 16.4. The predicted octanol–water partition coefficient (Wildman–Crippen LogP) is 3.99. The van der Waals surface area contributed by atoms with Crippen LogP contribution in [0.4, 0.5) is 5.95 Å². The van der Waals surface area contributed by atoms with E-state index in [-0.39, 0.29) is 31.1 Å². The van der Waals surface area contributed by atoms with Gasteiger partial charge in [-0.1, -0.05) is 55.0 Å². The average Bonchev–Trinajstić information content (AvgIpc) is 3.08. The van der Waals surface area contributed by atoms with E-state index in [9.17, 15) is 14.7 Å². The minimum Gasteiger partial charge on any atom is -0.481 e. The third-order valence-corrected chi connectivity index (χ3v) is 8.32. The summed E-state index contributed by atoms with van der Waals surface area (Å²) >= 11 is 0. The molecule has 5 rings (SSSR count). The summed E-state index contributed by atoms with van der Waals surface area (Å²) in [6.45, 7) is 4.69. The number of piperazine rings is 1. The summed E-state index contributed by atoms with van der Waals surface area (Å²) in [5.74, 6) is -0.0755. The predicted molar refractivity (Wildman–Crippen MR) is 168 cm³/mol. The van der Waals surface area contributed by atoms with Crippen molar-refractivity contribution in [2.24, 2.45) is 0 Å². The smallest absolute Gasteiger partial charge is 0.303 e. The van der Waals surface area contributed by atoms with Gasteiger partial charge in [0.25, 0.3) is 0 Å². The highest BCUT2D eigenvalue weighted by atomic mass is 16.7. The van der Waals surface area contributed by atoms with Gasteiger partial charge in [-0.2, -0.15) is 0 Å². The van der Waals surface area contributed by atoms with Gasteiger partial charge < -0.3 is 29.9 Å². The minimum atomic E-state index is -0.803. The Labute approximate surface area is 264 Å². The number of aliphatic hydroxyl groups excluding tert-OH is 1. The Hall–Kier alpha value is -3.90. The van der Waals surface area contributed by atoms with Gasteiger partial charge in [-0.3, -0.25) is 14.5 Å². The van der Waals surface area contributed by atoms with Crippen LogP contribution in [0.3, 0.4) is 0 Å². The molecule has 2 fully saturated rings. The summed E-state index contributed by atoms with van der Waals surface area (Å²) in [4.78, 5) is 36.3. The zero-order valence-electron chi connectivity index (χ0n) is 25.6. The molecule has 0 radical (unpaired) electrons. The highest BCUT2D eigenvalue weighted by Crippen LogP contribution is 2.38. The number of benzene rings is 2. The number of carboxylic acid groups (broad SMARTS) is 1. The van der Waals surface area contributed by atoms with E-state index in [0.29, 0.717) is 25.8 Å². The van der Waals surface area contributed by atoms with Crippen molar-refractivity contribution < 1.29 is 29.3 Å². The fourth-order valence-corrected chi connectivity index (χ4v) is 5.73. The van der Waals surface area contributed by atoms with Crippen LogP contribution in [0, 0.1) is 0 Å². The highest BCUT2D eigenvalue weighted by Gasteiger charge is 2.34. The Balaban J connectivity index is 1.17. The van der Waals surface area contributed by atoms with Crippen LogP contribution in [-0.2, 0) is 32.2 Å². The van der Waals surface area contributed by atoms with Gasteiger partial charge in [0.2, 0.25) is 11.9 Å². The lowest BCUT2D eigenvalue weighted by Gasteiger charge is -2.40. The summed E-state index contributed by atoms with van der Waals surface area (Å²) in [5, 5.41) is 21.2. The molecule has 240 valence electrons. The molecule has 1 aromatic heterocycles. The van der Waals surface area contributed by atoms with Gasteiger partial charge in [-0.25, -0.2) is 9.97 Å². The summed E-state index contributed by atoms with van der Waals surface area (Å²) in [5.41, 5.74) is 3.80. The van der Waals surface area contributed by atoms with E-state index in [0.717, 1.165) is 73.8 Å².